The van der Waals surface area contributed by atoms with Crippen molar-refractivity contribution in [3.8, 4) is 10.6 Å². The van der Waals surface area contributed by atoms with Crippen LogP contribution in [-0.2, 0) is 11.2 Å². The maximum atomic E-state index is 12.1. The second-order valence-corrected chi connectivity index (χ2v) is 5.56. The largest absolute Gasteiger partial charge is 0.316 e. The number of hydrogen-bond acceptors (Lipinski definition) is 6. The van der Waals surface area contributed by atoms with E-state index in [9.17, 15) is 4.79 Å². The van der Waals surface area contributed by atoms with Gasteiger partial charge in [0.15, 0.2) is 0 Å². The minimum absolute atomic E-state index is 0.139. The topological polar surface area (TPSA) is 80.7 Å². The fourth-order valence-corrected chi connectivity index (χ4v) is 2.83. The maximum absolute atomic E-state index is 12.1. The fraction of sp³-hybridized carbons (Fsp3) is 0.133. The quantitative estimate of drug-likeness (QED) is 0.800. The first kappa shape index (κ1) is 14.3. The molecule has 3 aromatic rings. The summed E-state index contributed by atoms with van der Waals surface area (Å²) in [5.74, 6) is 0.338. The number of amides is 1. The Balaban J connectivity index is 1.73. The van der Waals surface area contributed by atoms with Gasteiger partial charge in [-0.3, -0.25) is 9.78 Å². The summed E-state index contributed by atoms with van der Waals surface area (Å²) in [4.78, 5) is 28.7. The molecule has 0 atom stereocenters. The van der Waals surface area contributed by atoms with E-state index in [4.69, 9.17) is 0 Å². The SMILES string of the molecule is Cc1nc(-c2cccnc2)sc1NC(=O)Cc1ncccn1. The number of nitrogens with zero attached hydrogens (tertiary/aromatic N) is 4. The summed E-state index contributed by atoms with van der Waals surface area (Å²) in [6.07, 6.45) is 6.84. The van der Waals surface area contributed by atoms with Crippen LogP contribution in [0.4, 0.5) is 5.00 Å². The lowest BCUT2D eigenvalue weighted by Crippen LogP contribution is -2.15. The van der Waals surface area contributed by atoms with Crippen LogP contribution in [0.15, 0.2) is 43.0 Å². The van der Waals surface area contributed by atoms with Gasteiger partial charge in [-0.2, -0.15) is 0 Å². The van der Waals surface area contributed by atoms with Crippen LogP contribution < -0.4 is 5.32 Å². The van der Waals surface area contributed by atoms with Crippen molar-refractivity contribution in [2.24, 2.45) is 0 Å². The van der Waals surface area contributed by atoms with Crippen molar-refractivity contribution >= 4 is 22.2 Å². The highest BCUT2D eigenvalue weighted by Gasteiger charge is 2.13. The molecule has 0 fully saturated rings. The third kappa shape index (κ3) is 3.32. The van der Waals surface area contributed by atoms with Gasteiger partial charge in [0, 0.05) is 30.4 Å². The number of hydrogen-bond donors (Lipinski definition) is 1. The van der Waals surface area contributed by atoms with E-state index in [-0.39, 0.29) is 12.3 Å². The van der Waals surface area contributed by atoms with Crippen molar-refractivity contribution in [2.75, 3.05) is 5.32 Å². The monoisotopic (exact) mass is 311 g/mol. The van der Waals surface area contributed by atoms with Gasteiger partial charge in [0.05, 0.1) is 12.1 Å². The molecule has 3 heterocycles. The lowest BCUT2D eigenvalue weighted by molar-refractivity contribution is -0.115. The molecule has 0 bridgehead atoms. The fourth-order valence-electron chi connectivity index (χ4n) is 1.86. The Hall–Kier alpha value is -2.67. The van der Waals surface area contributed by atoms with Gasteiger partial charge < -0.3 is 5.32 Å². The number of carbonyl (C=O) groups is 1. The van der Waals surface area contributed by atoms with Crippen molar-refractivity contribution in [3.63, 3.8) is 0 Å². The predicted molar refractivity (Wildman–Crippen MR) is 84.4 cm³/mol. The molecule has 3 aromatic heterocycles. The van der Waals surface area contributed by atoms with E-state index in [1.54, 1.807) is 30.9 Å². The highest BCUT2D eigenvalue weighted by atomic mass is 32.1. The second-order valence-electron chi connectivity index (χ2n) is 4.57. The molecular weight excluding hydrogens is 298 g/mol. The Morgan fingerprint density at radius 3 is 2.77 bits per heavy atom. The van der Waals surface area contributed by atoms with Gasteiger partial charge in [-0.1, -0.05) is 11.3 Å². The molecule has 7 heteroatoms. The van der Waals surface area contributed by atoms with Crippen LogP contribution in [0.5, 0.6) is 0 Å². The Kier molecular flexibility index (Phi) is 4.15. The van der Waals surface area contributed by atoms with Crippen LogP contribution in [0, 0.1) is 6.92 Å². The van der Waals surface area contributed by atoms with Crippen LogP contribution >= 0.6 is 11.3 Å². The molecule has 110 valence electrons. The third-order valence-corrected chi connectivity index (χ3v) is 4.02. The van der Waals surface area contributed by atoms with Crippen LogP contribution in [0.25, 0.3) is 10.6 Å². The van der Waals surface area contributed by atoms with Gasteiger partial charge in [0.2, 0.25) is 5.91 Å². The highest BCUT2D eigenvalue weighted by Crippen LogP contribution is 2.31. The molecule has 0 aromatic carbocycles. The standard InChI is InChI=1S/C15H13N5OS/c1-10-14(20-13(21)8-12-17-6-3-7-18-12)22-15(19-10)11-4-2-5-16-9-11/h2-7,9H,8H2,1H3,(H,20,21). The summed E-state index contributed by atoms with van der Waals surface area (Å²) in [5.41, 5.74) is 1.72. The molecule has 0 saturated heterocycles. The molecule has 0 aliphatic heterocycles. The first-order valence-corrected chi connectivity index (χ1v) is 7.47. The predicted octanol–water partition coefficient (Wildman–Crippen LogP) is 2.48. The number of pyridine rings is 1. The van der Waals surface area contributed by atoms with Gasteiger partial charge in [0.25, 0.3) is 0 Å². The minimum Gasteiger partial charge on any atom is -0.316 e. The van der Waals surface area contributed by atoms with Gasteiger partial charge in [-0.25, -0.2) is 15.0 Å². The first-order chi connectivity index (χ1) is 10.7. The van der Waals surface area contributed by atoms with E-state index in [0.717, 1.165) is 21.3 Å². The van der Waals surface area contributed by atoms with E-state index < -0.39 is 0 Å². The molecule has 1 N–H and O–H groups in total. The molecule has 1 amide bonds. The van der Waals surface area contributed by atoms with E-state index in [1.807, 2.05) is 19.1 Å². The highest BCUT2D eigenvalue weighted by molar-refractivity contribution is 7.19. The molecule has 0 spiro atoms. The third-order valence-electron chi connectivity index (χ3n) is 2.90. The smallest absolute Gasteiger partial charge is 0.232 e. The molecule has 0 radical (unpaired) electrons. The molecule has 22 heavy (non-hydrogen) atoms. The van der Waals surface area contributed by atoms with Gasteiger partial charge in [-0.05, 0) is 25.1 Å². The average Bonchev–Trinajstić information content (AvgIpc) is 2.90. The Bertz CT molecular complexity index is 773. The molecule has 0 saturated carbocycles. The summed E-state index contributed by atoms with van der Waals surface area (Å²) >= 11 is 1.43. The number of rotatable bonds is 4. The first-order valence-electron chi connectivity index (χ1n) is 6.66. The summed E-state index contributed by atoms with van der Waals surface area (Å²) in [6.45, 7) is 1.87. The van der Waals surface area contributed by atoms with Gasteiger partial charge >= 0.3 is 0 Å². The Morgan fingerprint density at radius 1 is 1.23 bits per heavy atom. The molecule has 0 aliphatic carbocycles. The average molecular weight is 311 g/mol. The lowest BCUT2D eigenvalue weighted by atomic mass is 10.3. The van der Waals surface area contributed by atoms with Gasteiger partial charge in [-0.15, -0.1) is 0 Å². The zero-order valence-corrected chi connectivity index (χ0v) is 12.7. The number of carbonyl (C=O) groups excluding carboxylic acids is 1. The van der Waals surface area contributed by atoms with Crippen LogP contribution in [0.1, 0.15) is 11.5 Å². The number of aryl methyl sites for hydroxylation is 1. The molecule has 6 nitrogen and oxygen atoms in total. The van der Waals surface area contributed by atoms with E-state index >= 15 is 0 Å². The normalized spacial score (nSPS) is 10.4. The van der Waals surface area contributed by atoms with Crippen molar-refractivity contribution in [2.45, 2.75) is 13.3 Å². The van der Waals surface area contributed by atoms with Crippen LogP contribution in [-0.4, -0.2) is 25.8 Å². The number of aromatic nitrogens is 4. The van der Waals surface area contributed by atoms with E-state index in [2.05, 4.69) is 25.3 Å². The lowest BCUT2D eigenvalue weighted by Gasteiger charge is -2.02. The number of nitrogens with one attached hydrogen (secondary N) is 1. The summed E-state index contributed by atoms with van der Waals surface area (Å²) in [5, 5.41) is 4.43. The second kappa shape index (κ2) is 6.40. The summed E-state index contributed by atoms with van der Waals surface area (Å²) in [6, 6.07) is 5.51. The number of thiazole rings is 1. The minimum atomic E-state index is -0.157. The molecule has 0 aliphatic rings. The molecular formula is C15H13N5OS. The zero-order valence-electron chi connectivity index (χ0n) is 11.9. The van der Waals surface area contributed by atoms with E-state index in [0.29, 0.717) is 5.82 Å². The van der Waals surface area contributed by atoms with Crippen molar-refractivity contribution in [1.29, 1.82) is 0 Å². The number of anilines is 1. The Labute approximate surface area is 131 Å². The zero-order chi connectivity index (χ0) is 15.4. The molecule has 0 unspecified atom stereocenters. The molecule has 3 rings (SSSR count). The van der Waals surface area contributed by atoms with Gasteiger partial charge in [0.1, 0.15) is 15.8 Å². The van der Waals surface area contributed by atoms with Crippen molar-refractivity contribution in [1.82, 2.24) is 19.9 Å². The summed E-state index contributed by atoms with van der Waals surface area (Å²) < 4.78 is 0. The van der Waals surface area contributed by atoms with E-state index in [1.165, 1.54) is 11.3 Å². The Morgan fingerprint density at radius 2 is 2.05 bits per heavy atom. The van der Waals surface area contributed by atoms with Crippen LogP contribution in [0.3, 0.4) is 0 Å². The van der Waals surface area contributed by atoms with Crippen molar-refractivity contribution < 1.29 is 4.79 Å². The van der Waals surface area contributed by atoms with Crippen molar-refractivity contribution in [3.05, 3.63) is 54.5 Å². The summed E-state index contributed by atoms with van der Waals surface area (Å²) in [7, 11) is 0. The maximum Gasteiger partial charge on any atom is 0.232 e. The van der Waals surface area contributed by atoms with Crippen LogP contribution in [0.2, 0.25) is 0 Å².